The fraction of sp³-hybridized carbons (Fsp3) is 0.857. The number of urea groups is 1. The number of carboxylic acids is 1. The number of piperidine rings is 1. The minimum Gasteiger partial charge on any atom is -0.481 e. The lowest BCUT2D eigenvalue weighted by Crippen LogP contribution is -2.54. The molecule has 0 saturated carbocycles. The zero-order valence-electron chi connectivity index (χ0n) is 13.1. The Hall–Kier alpha value is -1.30. The van der Waals surface area contributed by atoms with Crippen LogP contribution in [-0.4, -0.2) is 65.7 Å². The van der Waals surface area contributed by atoms with Crippen molar-refractivity contribution in [3.63, 3.8) is 0 Å². The molecule has 20 heavy (non-hydrogen) atoms. The van der Waals surface area contributed by atoms with E-state index >= 15 is 0 Å². The van der Waals surface area contributed by atoms with Gasteiger partial charge in [-0.05, 0) is 47.7 Å². The van der Waals surface area contributed by atoms with Crippen LogP contribution in [0.5, 0.6) is 0 Å². The smallest absolute Gasteiger partial charge is 0.317 e. The van der Waals surface area contributed by atoms with Crippen molar-refractivity contribution < 1.29 is 14.7 Å². The number of nitrogens with zero attached hydrogens (tertiary/aromatic N) is 2. The Balaban J connectivity index is 2.51. The van der Waals surface area contributed by atoms with Gasteiger partial charge in [0.05, 0.1) is 5.92 Å². The maximum Gasteiger partial charge on any atom is 0.317 e. The van der Waals surface area contributed by atoms with Gasteiger partial charge in [-0.15, -0.1) is 0 Å². The quantitative estimate of drug-likeness (QED) is 0.814. The van der Waals surface area contributed by atoms with Gasteiger partial charge in [0.1, 0.15) is 0 Å². The van der Waals surface area contributed by atoms with Crippen molar-refractivity contribution in [1.82, 2.24) is 15.1 Å². The highest BCUT2D eigenvalue weighted by atomic mass is 16.4. The molecule has 0 bridgehead atoms. The number of carboxylic acid groups (broad SMARTS) is 1. The van der Waals surface area contributed by atoms with Gasteiger partial charge in [-0.3, -0.25) is 4.79 Å². The summed E-state index contributed by atoms with van der Waals surface area (Å²) in [7, 11) is 3.96. The topological polar surface area (TPSA) is 72.9 Å². The van der Waals surface area contributed by atoms with Crippen molar-refractivity contribution in [1.29, 1.82) is 0 Å². The largest absolute Gasteiger partial charge is 0.481 e. The van der Waals surface area contributed by atoms with Gasteiger partial charge >= 0.3 is 12.0 Å². The molecular weight excluding hydrogens is 258 g/mol. The highest BCUT2D eigenvalue weighted by Crippen LogP contribution is 2.23. The molecule has 6 heteroatoms. The lowest BCUT2D eigenvalue weighted by atomic mass is 9.92. The van der Waals surface area contributed by atoms with E-state index in [4.69, 9.17) is 5.11 Å². The minimum absolute atomic E-state index is 0.0349. The standard InChI is InChI=1S/C14H27N3O3/c1-10-8-11(12(18)19)6-7-17(10)13(20)15-9-14(2,3)16(4)5/h10-11H,6-9H2,1-5H3,(H,15,20)(H,18,19). The van der Waals surface area contributed by atoms with Crippen LogP contribution in [0.2, 0.25) is 0 Å². The summed E-state index contributed by atoms with van der Waals surface area (Å²) in [6, 6.07) is -0.136. The van der Waals surface area contributed by atoms with Crippen LogP contribution in [-0.2, 0) is 4.79 Å². The first-order valence-corrected chi connectivity index (χ1v) is 7.10. The lowest BCUT2D eigenvalue weighted by molar-refractivity contribution is -0.143. The predicted molar refractivity (Wildman–Crippen MR) is 77.7 cm³/mol. The van der Waals surface area contributed by atoms with Gasteiger partial charge < -0.3 is 20.2 Å². The molecule has 1 aliphatic heterocycles. The molecule has 2 unspecified atom stereocenters. The summed E-state index contributed by atoms with van der Waals surface area (Å²) in [5.41, 5.74) is -0.113. The Morgan fingerprint density at radius 3 is 2.45 bits per heavy atom. The van der Waals surface area contributed by atoms with Crippen molar-refractivity contribution >= 4 is 12.0 Å². The van der Waals surface area contributed by atoms with Gasteiger partial charge in [-0.25, -0.2) is 4.79 Å². The Morgan fingerprint density at radius 2 is 2.00 bits per heavy atom. The first-order chi connectivity index (χ1) is 9.15. The second kappa shape index (κ2) is 6.43. The average Bonchev–Trinajstić information content (AvgIpc) is 2.35. The maximum atomic E-state index is 12.2. The number of likely N-dealkylation sites (tertiary alicyclic amines) is 1. The van der Waals surface area contributed by atoms with E-state index in [-0.39, 0.29) is 23.5 Å². The van der Waals surface area contributed by atoms with Crippen LogP contribution in [0.3, 0.4) is 0 Å². The lowest BCUT2D eigenvalue weighted by Gasteiger charge is -2.38. The van der Waals surface area contributed by atoms with Gasteiger partial charge in [0.2, 0.25) is 0 Å². The molecule has 6 nitrogen and oxygen atoms in total. The Labute approximate surface area is 121 Å². The van der Waals surface area contributed by atoms with E-state index in [0.29, 0.717) is 25.9 Å². The molecule has 1 fully saturated rings. The fourth-order valence-corrected chi connectivity index (χ4v) is 2.25. The first kappa shape index (κ1) is 16.8. The number of carbonyl (C=O) groups is 2. The van der Waals surface area contributed by atoms with Gasteiger partial charge in [0.15, 0.2) is 0 Å². The van der Waals surface area contributed by atoms with E-state index in [2.05, 4.69) is 24.1 Å². The van der Waals surface area contributed by atoms with Crippen molar-refractivity contribution in [2.75, 3.05) is 27.2 Å². The van der Waals surface area contributed by atoms with Crippen molar-refractivity contribution in [3.05, 3.63) is 0 Å². The van der Waals surface area contributed by atoms with E-state index < -0.39 is 5.97 Å². The van der Waals surface area contributed by atoms with Gasteiger partial charge in [-0.1, -0.05) is 0 Å². The van der Waals surface area contributed by atoms with Crippen LogP contribution in [0, 0.1) is 5.92 Å². The van der Waals surface area contributed by atoms with E-state index in [1.807, 2.05) is 21.0 Å². The number of carbonyl (C=O) groups excluding carboxylic acids is 1. The average molecular weight is 285 g/mol. The van der Waals surface area contributed by atoms with Gasteiger partial charge in [0, 0.05) is 24.7 Å². The van der Waals surface area contributed by atoms with Crippen LogP contribution >= 0.6 is 0 Å². The molecule has 0 aromatic rings. The molecule has 0 aliphatic carbocycles. The Kier molecular flexibility index (Phi) is 5.39. The third-order valence-corrected chi connectivity index (χ3v) is 4.37. The zero-order valence-corrected chi connectivity index (χ0v) is 13.1. The minimum atomic E-state index is -0.759. The highest BCUT2D eigenvalue weighted by molar-refractivity contribution is 5.75. The molecule has 1 heterocycles. The maximum absolute atomic E-state index is 12.2. The van der Waals surface area contributed by atoms with E-state index in [9.17, 15) is 9.59 Å². The summed E-state index contributed by atoms with van der Waals surface area (Å²) in [6.07, 6.45) is 1.06. The number of rotatable bonds is 4. The Bertz CT molecular complexity index is 369. The number of hydrogen-bond donors (Lipinski definition) is 2. The molecular formula is C14H27N3O3. The molecule has 2 N–H and O–H groups in total. The van der Waals surface area contributed by atoms with E-state index in [0.717, 1.165) is 0 Å². The number of aliphatic carboxylic acids is 1. The molecule has 1 saturated heterocycles. The summed E-state index contributed by atoms with van der Waals surface area (Å²) in [5, 5.41) is 12.0. The SMILES string of the molecule is CC1CC(C(=O)O)CCN1C(=O)NCC(C)(C)N(C)C. The number of likely N-dealkylation sites (N-methyl/N-ethyl adjacent to an activating group) is 1. The van der Waals surface area contributed by atoms with Gasteiger partial charge in [-0.2, -0.15) is 0 Å². The fourth-order valence-electron chi connectivity index (χ4n) is 2.25. The summed E-state index contributed by atoms with van der Waals surface area (Å²) in [5.74, 6) is -1.09. The first-order valence-electron chi connectivity index (χ1n) is 7.10. The van der Waals surface area contributed by atoms with Crippen LogP contribution in [0.15, 0.2) is 0 Å². The molecule has 2 amide bonds. The van der Waals surface area contributed by atoms with Crippen LogP contribution in [0.25, 0.3) is 0 Å². The van der Waals surface area contributed by atoms with Gasteiger partial charge in [0.25, 0.3) is 0 Å². The van der Waals surface area contributed by atoms with E-state index in [1.165, 1.54) is 0 Å². The van der Waals surface area contributed by atoms with Crippen LogP contribution in [0.4, 0.5) is 4.79 Å². The molecule has 0 aromatic carbocycles. The zero-order chi connectivity index (χ0) is 15.5. The number of nitrogens with one attached hydrogen (secondary N) is 1. The summed E-state index contributed by atoms with van der Waals surface area (Å²) < 4.78 is 0. The second-order valence-corrected chi connectivity index (χ2v) is 6.47. The third-order valence-electron chi connectivity index (χ3n) is 4.37. The van der Waals surface area contributed by atoms with Crippen molar-refractivity contribution in [2.24, 2.45) is 5.92 Å². The Morgan fingerprint density at radius 1 is 1.40 bits per heavy atom. The molecule has 116 valence electrons. The predicted octanol–water partition coefficient (Wildman–Crippen LogP) is 1.22. The van der Waals surface area contributed by atoms with Crippen molar-refractivity contribution in [3.8, 4) is 0 Å². The van der Waals surface area contributed by atoms with Crippen molar-refractivity contribution in [2.45, 2.75) is 45.2 Å². The third kappa shape index (κ3) is 4.10. The number of amides is 2. The number of hydrogen-bond acceptors (Lipinski definition) is 3. The second-order valence-electron chi connectivity index (χ2n) is 6.47. The van der Waals surface area contributed by atoms with E-state index in [1.54, 1.807) is 4.90 Å². The summed E-state index contributed by atoms with van der Waals surface area (Å²) >= 11 is 0. The molecule has 1 aliphatic rings. The van der Waals surface area contributed by atoms with Crippen LogP contribution < -0.4 is 5.32 Å². The normalized spacial score (nSPS) is 23.8. The molecule has 2 atom stereocenters. The summed E-state index contributed by atoms with van der Waals surface area (Å²) in [4.78, 5) is 27.0. The molecule has 0 aromatic heterocycles. The molecule has 0 radical (unpaired) electrons. The monoisotopic (exact) mass is 285 g/mol. The van der Waals surface area contributed by atoms with Crippen LogP contribution in [0.1, 0.15) is 33.6 Å². The summed E-state index contributed by atoms with van der Waals surface area (Å²) in [6.45, 7) is 7.10. The molecule has 0 spiro atoms. The highest BCUT2D eigenvalue weighted by Gasteiger charge is 2.32. The molecule has 1 rings (SSSR count).